The SMILES string of the molecule is CCCCOc1ccc(C[C@H](NC(=O)C(=O)CCCC)c2nc(/C=C(C)/C=C(/C)C(=O)OCC)cs2)cc1. The molecule has 1 atom stereocenters. The van der Waals surface area contributed by atoms with Gasteiger partial charge in [-0.3, -0.25) is 9.59 Å². The molecule has 1 N–H and O–H groups in total. The maximum absolute atomic E-state index is 12.7. The van der Waals surface area contributed by atoms with Crippen LogP contribution in [0.15, 0.2) is 46.9 Å². The number of esters is 1. The van der Waals surface area contributed by atoms with Gasteiger partial charge in [0.25, 0.3) is 5.91 Å². The lowest BCUT2D eigenvalue weighted by Crippen LogP contribution is -2.35. The highest BCUT2D eigenvalue weighted by atomic mass is 32.1. The number of carbonyl (C=O) groups excluding carboxylic acids is 3. The van der Waals surface area contributed by atoms with E-state index in [-0.39, 0.29) is 12.4 Å². The normalized spacial score (nSPS) is 12.7. The Balaban J connectivity index is 2.23. The van der Waals surface area contributed by atoms with Crippen LogP contribution in [0.1, 0.15) is 89.0 Å². The minimum atomic E-state index is -0.584. The molecule has 1 heterocycles. The van der Waals surface area contributed by atoms with Crippen LogP contribution in [0.4, 0.5) is 0 Å². The number of carbonyl (C=O) groups is 3. The third-order valence-corrected chi connectivity index (χ3v) is 6.68. The van der Waals surface area contributed by atoms with Gasteiger partial charge in [0, 0.05) is 17.4 Å². The van der Waals surface area contributed by atoms with Gasteiger partial charge in [0.1, 0.15) is 10.8 Å². The predicted octanol–water partition coefficient (Wildman–Crippen LogP) is 6.39. The van der Waals surface area contributed by atoms with E-state index >= 15 is 0 Å². The lowest BCUT2D eigenvalue weighted by molar-refractivity contribution is -0.138. The topological polar surface area (TPSA) is 94.6 Å². The van der Waals surface area contributed by atoms with Gasteiger partial charge in [-0.05, 0) is 75.5 Å². The molecule has 0 saturated carbocycles. The van der Waals surface area contributed by atoms with E-state index in [0.717, 1.165) is 36.1 Å². The summed E-state index contributed by atoms with van der Waals surface area (Å²) in [5.74, 6) is -0.541. The Bertz CT molecular complexity index is 1120. The minimum absolute atomic E-state index is 0.232. The average molecular weight is 541 g/mol. The Kier molecular flexibility index (Phi) is 13.5. The molecule has 1 aromatic carbocycles. The zero-order valence-corrected chi connectivity index (χ0v) is 24.0. The van der Waals surface area contributed by atoms with Crippen LogP contribution < -0.4 is 10.1 Å². The second-order valence-corrected chi connectivity index (χ2v) is 10.0. The molecule has 0 fully saturated rings. The quantitative estimate of drug-likeness (QED) is 0.0871. The van der Waals surface area contributed by atoms with Gasteiger partial charge in [0.05, 0.1) is 24.9 Å². The molecule has 0 unspecified atom stereocenters. The lowest BCUT2D eigenvalue weighted by atomic mass is 10.1. The summed E-state index contributed by atoms with van der Waals surface area (Å²) in [7, 11) is 0. The molecule has 8 heteroatoms. The van der Waals surface area contributed by atoms with Crippen LogP contribution in [0.2, 0.25) is 0 Å². The van der Waals surface area contributed by atoms with Crippen molar-refractivity contribution in [2.45, 2.75) is 79.2 Å². The molecular formula is C30H40N2O5S. The number of allylic oxidation sites excluding steroid dienone is 2. The van der Waals surface area contributed by atoms with E-state index in [1.165, 1.54) is 11.3 Å². The number of rotatable bonds is 16. The van der Waals surface area contributed by atoms with Crippen molar-refractivity contribution in [2.24, 2.45) is 0 Å². The van der Waals surface area contributed by atoms with E-state index in [4.69, 9.17) is 14.5 Å². The fourth-order valence-electron chi connectivity index (χ4n) is 3.63. The monoisotopic (exact) mass is 540 g/mol. The maximum atomic E-state index is 12.7. The second-order valence-electron chi connectivity index (χ2n) is 9.15. The number of benzene rings is 1. The van der Waals surface area contributed by atoms with Crippen LogP contribution in [0.25, 0.3) is 6.08 Å². The number of ether oxygens (including phenoxy) is 2. The number of thiazole rings is 1. The highest BCUT2D eigenvalue weighted by molar-refractivity contribution is 7.09. The molecule has 2 aromatic rings. The molecule has 0 aliphatic rings. The standard InChI is InChI=1S/C30H40N2O5S/c1-6-9-11-27(33)28(34)32-26(19-23-12-14-25(15-13-23)37-16-10-7-2)29-31-24(20-38-29)18-21(4)17-22(5)30(35)36-8-3/h12-15,17-18,20,26H,6-11,16,19H2,1-5H3,(H,32,34)/b21-18+,22-17-/t26-/m0/s1. The molecule has 1 aromatic heterocycles. The van der Waals surface area contributed by atoms with Crippen LogP contribution in [0, 0.1) is 0 Å². The first-order valence-corrected chi connectivity index (χ1v) is 14.2. The van der Waals surface area contributed by atoms with E-state index in [2.05, 4.69) is 12.2 Å². The zero-order chi connectivity index (χ0) is 27.9. The molecule has 0 radical (unpaired) electrons. The van der Waals surface area contributed by atoms with E-state index in [1.54, 1.807) is 19.9 Å². The van der Waals surface area contributed by atoms with Crippen molar-refractivity contribution < 1.29 is 23.9 Å². The second kappa shape index (κ2) is 16.6. The van der Waals surface area contributed by atoms with Crippen molar-refractivity contribution in [3.05, 3.63) is 63.1 Å². The smallest absolute Gasteiger partial charge is 0.333 e. The first kappa shape index (κ1) is 31.0. The van der Waals surface area contributed by atoms with Gasteiger partial charge in [0.2, 0.25) is 5.78 Å². The molecule has 0 spiro atoms. The highest BCUT2D eigenvalue weighted by Crippen LogP contribution is 2.25. The lowest BCUT2D eigenvalue weighted by Gasteiger charge is -2.17. The largest absolute Gasteiger partial charge is 0.494 e. The number of unbranched alkanes of at least 4 members (excludes halogenated alkanes) is 2. The van der Waals surface area contributed by atoms with Crippen molar-refractivity contribution in [3.8, 4) is 5.75 Å². The molecule has 0 bridgehead atoms. The Morgan fingerprint density at radius 1 is 1.05 bits per heavy atom. The van der Waals surface area contributed by atoms with E-state index in [9.17, 15) is 14.4 Å². The summed E-state index contributed by atoms with van der Waals surface area (Å²) in [5.41, 5.74) is 3.07. The average Bonchev–Trinajstić information content (AvgIpc) is 3.36. The number of hydrogen-bond acceptors (Lipinski definition) is 7. The molecular weight excluding hydrogens is 500 g/mol. The van der Waals surface area contributed by atoms with Crippen molar-refractivity contribution >= 4 is 35.1 Å². The summed E-state index contributed by atoms with van der Waals surface area (Å²) in [4.78, 5) is 41.7. The molecule has 0 aliphatic heterocycles. The number of aromatic nitrogens is 1. The number of ketones is 1. The first-order valence-electron chi connectivity index (χ1n) is 13.3. The van der Waals surface area contributed by atoms with Gasteiger partial charge < -0.3 is 14.8 Å². The van der Waals surface area contributed by atoms with E-state index < -0.39 is 17.7 Å². The summed E-state index contributed by atoms with van der Waals surface area (Å²) >= 11 is 1.42. The zero-order valence-electron chi connectivity index (χ0n) is 23.2. The van der Waals surface area contributed by atoms with Gasteiger partial charge >= 0.3 is 5.97 Å². The fraction of sp³-hybridized carbons (Fsp3) is 0.467. The molecule has 206 valence electrons. The van der Waals surface area contributed by atoms with Crippen molar-refractivity contribution in [1.82, 2.24) is 10.3 Å². The van der Waals surface area contributed by atoms with Gasteiger partial charge in [0.15, 0.2) is 0 Å². The minimum Gasteiger partial charge on any atom is -0.494 e. The number of nitrogens with zero attached hydrogens (tertiary/aromatic N) is 1. The van der Waals surface area contributed by atoms with Crippen LogP contribution in [-0.2, 0) is 25.5 Å². The Morgan fingerprint density at radius 2 is 1.76 bits per heavy atom. The summed E-state index contributed by atoms with van der Waals surface area (Å²) in [6.07, 6.45) is 7.95. The van der Waals surface area contributed by atoms with Gasteiger partial charge in [-0.2, -0.15) is 0 Å². The molecule has 0 saturated heterocycles. The van der Waals surface area contributed by atoms with Gasteiger partial charge in [-0.1, -0.05) is 38.8 Å². The highest BCUT2D eigenvalue weighted by Gasteiger charge is 2.22. The molecule has 1 amide bonds. The van der Waals surface area contributed by atoms with Crippen molar-refractivity contribution in [1.29, 1.82) is 0 Å². The number of amides is 1. The summed E-state index contributed by atoms with van der Waals surface area (Å²) in [5, 5.41) is 5.51. The number of nitrogens with one attached hydrogen (secondary N) is 1. The van der Waals surface area contributed by atoms with Gasteiger partial charge in [-0.25, -0.2) is 9.78 Å². The third-order valence-electron chi connectivity index (χ3n) is 5.70. The fourth-order valence-corrected chi connectivity index (χ4v) is 4.46. The summed E-state index contributed by atoms with van der Waals surface area (Å²) < 4.78 is 10.8. The van der Waals surface area contributed by atoms with E-state index in [1.807, 2.05) is 49.6 Å². The molecule has 0 aliphatic carbocycles. The Morgan fingerprint density at radius 3 is 2.42 bits per heavy atom. The first-order chi connectivity index (χ1) is 18.3. The van der Waals surface area contributed by atoms with Crippen LogP contribution in [0.3, 0.4) is 0 Å². The predicted molar refractivity (Wildman–Crippen MR) is 152 cm³/mol. The summed E-state index contributed by atoms with van der Waals surface area (Å²) in [6.45, 7) is 10.5. The molecule has 38 heavy (non-hydrogen) atoms. The van der Waals surface area contributed by atoms with Crippen LogP contribution in [-0.4, -0.2) is 35.9 Å². The Hall–Kier alpha value is -3.26. The summed E-state index contributed by atoms with van der Waals surface area (Å²) in [6, 6.07) is 7.34. The third kappa shape index (κ3) is 10.6. The van der Waals surface area contributed by atoms with Crippen LogP contribution >= 0.6 is 11.3 Å². The molecule has 2 rings (SSSR count). The van der Waals surface area contributed by atoms with E-state index in [0.29, 0.717) is 42.3 Å². The van der Waals surface area contributed by atoms with Gasteiger partial charge in [-0.15, -0.1) is 11.3 Å². The molecule has 7 nitrogen and oxygen atoms in total. The van der Waals surface area contributed by atoms with Crippen molar-refractivity contribution in [3.63, 3.8) is 0 Å². The number of Topliss-reactive ketones (excluding diaryl/α,β-unsaturated/α-hetero) is 1. The number of hydrogen-bond donors (Lipinski definition) is 1. The van der Waals surface area contributed by atoms with Crippen LogP contribution in [0.5, 0.6) is 5.75 Å². The Labute approximate surface area is 230 Å². The van der Waals surface area contributed by atoms with Crippen molar-refractivity contribution in [2.75, 3.05) is 13.2 Å². The maximum Gasteiger partial charge on any atom is 0.333 e.